The molecule has 20 heavy (non-hydrogen) atoms. The molecule has 0 bridgehead atoms. The van der Waals surface area contributed by atoms with Crippen molar-refractivity contribution < 1.29 is 10.2 Å². The number of halogens is 1. The zero-order chi connectivity index (χ0) is 14.4. The Morgan fingerprint density at radius 1 is 0.950 bits per heavy atom. The van der Waals surface area contributed by atoms with Crippen molar-refractivity contribution >= 4 is 23.0 Å². The Bertz CT molecular complexity index is 533. The highest BCUT2D eigenvalue weighted by molar-refractivity contribution is 6.17. The van der Waals surface area contributed by atoms with E-state index in [9.17, 15) is 10.2 Å². The maximum atomic E-state index is 10.1. The molecule has 0 spiro atoms. The molecule has 0 heterocycles. The molecule has 106 valence electrons. The third kappa shape index (κ3) is 3.97. The van der Waals surface area contributed by atoms with Gasteiger partial charge in [-0.1, -0.05) is 30.3 Å². The van der Waals surface area contributed by atoms with Crippen LogP contribution in [0.4, 0.5) is 11.4 Å². The van der Waals surface area contributed by atoms with E-state index in [1.54, 1.807) is 6.07 Å². The first-order valence-corrected chi connectivity index (χ1v) is 7.08. The summed E-state index contributed by atoms with van der Waals surface area (Å²) < 4.78 is 0. The maximum absolute atomic E-state index is 10.1. The summed E-state index contributed by atoms with van der Waals surface area (Å²) in [6.07, 6.45) is -1.41. The first-order chi connectivity index (χ1) is 9.70. The lowest BCUT2D eigenvalue weighted by Gasteiger charge is -2.18. The van der Waals surface area contributed by atoms with Crippen LogP contribution >= 0.6 is 11.6 Å². The number of rotatable bonds is 6. The zero-order valence-electron chi connectivity index (χ0n) is 11.0. The SMILES string of the molecule is OC(CCCl)C(O)c1cccc(Nc2ccccc2)c1. The van der Waals surface area contributed by atoms with Crippen LogP contribution in [0.3, 0.4) is 0 Å². The Balaban J connectivity index is 2.11. The second kappa shape index (κ2) is 7.29. The summed E-state index contributed by atoms with van der Waals surface area (Å²) in [6, 6.07) is 17.2. The number of para-hydroxylation sites is 1. The van der Waals surface area contributed by atoms with Gasteiger partial charge in [0.15, 0.2) is 0 Å². The van der Waals surface area contributed by atoms with E-state index in [0.717, 1.165) is 11.4 Å². The van der Waals surface area contributed by atoms with Crippen LogP contribution in [0, 0.1) is 0 Å². The van der Waals surface area contributed by atoms with Gasteiger partial charge in [-0.15, -0.1) is 11.6 Å². The molecule has 3 N–H and O–H groups in total. The van der Waals surface area contributed by atoms with Crippen LogP contribution in [-0.4, -0.2) is 22.2 Å². The number of alkyl halides is 1. The first-order valence-electron chi connectivity index (χ1n) is 6.55. The van der Waals surface area contributed by atoms with E-state index in [1.807, 2.05) is 48.5 Å². The standard InChI is InChI=1S/C16H18ClNO2/c17-10-9-15(19)16(20)12-5-4-8-14(11-12)18-13-6-2-1-3-7-13/h1-8,11,15-16,18-20H,9-10H2. The molecule has 0 amide bonds. The van der Waals surface area contributed by atoms with Crippen LogP contribution in [0.1, 0.15) is 18.1 Å². The first kappa shape index (κ1) is 14.9. The van der Waals surface area contributed by atoms with Gasteiger partial charge < -0.3 is 15.5 Å². The second-order valence-corrected chi connectivity index (χ2v) is 4.98. The Labute approximate surface area is 123 Å². The lowest BCUT2D eigenvalue weighted by atomic mass is 10.0. The average Bonchev–Trinajstić information content (AvgIpc) is 2.48. The molecule has 0 aliphatic heterocycles. The minimum Gasteiger partial charge on any atom is -0.390 e. The van der Waals surface area contributed by atoms with Gasteiger partial charge in [0, 0.05) is 17.3 Å². The largest absolute Gasteiger partial charge is 0.390 e. The molecule has 2 atom stereocenters. The summed E-state index contributed by atoms with van der Waals surface area (Å²) in [5.74, 6) is 0.320. The highest BCUT2D eigenvalue weighted by Gasteiger charge is 2.17. The van der Waals surface area contributed by atoms with Crippen molar-refractivity contribution in [1.82, 2.24) is 0 Å². The number of nitrogens with one attached hydrogen (secondary N) is 1. The smallest absolute Gasteiger partial charge is 0.105 e. The van der Waals surface area contributed by atoms with Gasteiger partial charge in [-0.3, -0.25) is 0 Å². The lowest BCUT2D eigenvalue weighted by molar-refractivity contribution is 0.0170. The number of hydrogen-bond acceptors (Lipinski definition) is 3. The highest BCUT2D eigenvalue weighted by atomic mass is 35.5. The molecule has 0 saturated heterocycles. The van der Waals surface area contributed by atoms with E-state index in [1.165, 1.54) is 0 Å². The molecule has 0 aliphatic carbocycles. The molecule has 0 aliphatic rings. The predicted octanol–water partition coefficient (Wildman–Crippen LogP) is 3.45. The number of anilines is 2. The Morgan fingerprint density at radius 2 is 1.65 bits per heavy atom. The molecule has 0 aromatic heterocycles. The van der Waals surface area contributed by atoms with Crippen molar-refractivity contribution in [1.29, 1.82) is 0 Å². The summed E-state index contributed by atoms with van der Waals surface area (Å²) in [4.78, 5) is 0. The summed E-state index contributed by atoms with van der Waals surface area (Å²) in [6.45, 7) is 0. The maximum Gasteiger partial charge on any atom is 0.105 e. The third-order valence-corrected chi connectivity index (χ3v) is 3.28. The molecule has 2 unspecified atom stereocenters. The van der Waals surface area contributed by atoms with Crippen LogP contribution in [-0.2, 0) is 0 Å². The molecule has 0 saturated carbocycles. The minimum absolute atomic E-state index is 0.320. The van der Waals surface area contributed by atoms with E-state index < -0.39 is 12.2 Å². The molecular weight excluding hydrogens is 274 g/mol. The lowest BCUT2D eigenvalue weighted by Crippen LogP contribution is -2.18. The van der Waals surface area contributed by atoms with E-state index in [0.29, 0.717) is 17.9 Å². The fourth-order valence-electron chi connectivity index (χ4n) is 1.98. The summed E-state index contributed by atoms with van der Waals surface area (Å²) in [7, 11) is 0. The molecular formula is C16H18ClNO2. The van der Waals surface area contributed by atoms with Crippen molar-refractivity contribution in [2.75, 3.05) is 11.2 Å². The summed E-state index contributed by atoms with van der Waals surface area (Å²) >= 11 is 5.58. The monoisotopic (exact) mass is 291 g/mol. The Morgan fingerprint density at radius 3 is 2.35 bits per heavy atom. The van der Waals surface area contributed by atoms with Crippen LogP contribution < -0.4 is 5.32 Å². The topological polar surface area (TPSA) is 52.5 Å². The van der Waals surface area contributed by atoms with Crippen LogP contribution in [0.25, 0.3) is 0 Å². The summed E-state index contributed by atoms with van der Waals surface area (Å²) in [5, 5.41) is 23.1. The van der Waals surface area contributed by atoms with Gasteiger partial charge in [0.2, 0.25) is 0 Å². The number of hydrogen-bond donors (Lipinski definition) is 3. The van der Waals surface area contributed by atoms with Gasteiger partial charge in [0.1, 0.15) is 6.10 Å². The number of aliphatic hydroxyl groups is 2. The van der Waals surface area contributed by atoms with Gasteiger partial charge in [0.25, 0.3) is 0 Å². The molecule has 3 nitrogen and oxygen atoms in total. The molecule has 0 fully saturated rings. The predicted molar refractivity (Wildman–Crippen MR) is 82.5 cm³/mol. The quantitative estimate of drug-likeness (QED) is 0.715. The Hall–Kier alpha value is -1.55. The Kier molecular flexibility index (Phi) is 5.41. The fraction of sp³-hybridized carbons (Fsp3) is 0.250. The van der Waals surface area contributed by atoms with Crippen molar-refractivity contribution in [3.05, 3.63) is 60.2 Å². The van der Waals surface area contributed by atoms with E-state index in [-0.39, 0.29) is 0 Å². The normalized spacial score (nSPS) is 13.8. The van der Waals surface area contributed by atoms with E-state index in [4.69, 9.17) is 11.6 Å². The average molecular weight is 292 g/mol. The van der Waals surface area contributed by atoms with Crippen molar-refractivity contribution in [3.63, 3.8) is 0 Å². The molecule has 4 heteroatoms. The van der Waals surface area contributed by atoms with Crippen molar-refractivity contribution in [2.24, 2.45) is 0 Å². The van der Waals surface area contributed by atoms with E-state index in [2.05, 4.69) is 5.32 Å². The van der Waals surface area contributed by atoms with E-state index >= 15 is 0 Å². The van der Waals surface area contributed by atoms with Gasteiger partial charge in [-0.05, 0) is 36.2 Å². The van der Waals surface area contributed by atoms with Crippen LogP contribution in [0.2, 0.25) is 0 Å². The fourth-order valence-corrected chi connectivity index (χ4v) is 2.20. The van der Waals surface area contributed by atoms with Gasteiger partial charge in [-0.2, -0.15) is 0 Å². The molecule has 2 rings (SSSR count). The van der Waals surface area contributed by atoms with Crippen molar-refractivity contribution in [2.45, 2.75) is 18.6 Å². The second-order valence-electron chi connectivity index (χ2n) is 4.61. The zero-order valence-corrected chi connectivity index (χ0v) is 11.8. The molecule has 2 aromatic rings. The molecule has 0 radical (unpaired) electrons. The van der Waals surface area contributed by atoms with Gasteiger partial charge in [-0.25, -0.2) is 0 Å². The van der Waals surface area contributed by atoms with Crippen LogP contribution in [0.15, 0.2) is 54.6 Å². The third-order valence-electron chi connectivity index (χ3n) is 3.06. The van der Waals surface area contributed by atoms with Crippen molar-refractivity contribution in [3.8, 4) is 0 Å². The highest BCUT2D eigenvalue weighted by Crippen LogP contribution is 2.24. The van der Waals surface area contributed by atoms with Gasteiger partial charge >= 0.3 is 0 Å². The summed E-state index contributed by atoms with van der Waals surface area (Å²) in [5.41, 5.74) is 2.51. The van der Waals surface area contributed by atoms with Crippen LogP contribution in [0.5, 0.6) is 0 Å². The molecule has 2 aromatic carbocycles. The number of aliphatic hydroxyl groups excluding tert-OH is 2. The minimum atomic E-state index is -0.925. The number of benzene rings is 2. The van der Waals surface area contributed by atoms with Gasteiger partial charge in [0.05, 0.1) is 6.10 Å².